The molecule has 1 unspecified atom stereocenters. The molecule has 3 aromatic rings. The molecule has 302 valence electrons. The summed E-state index contributed by atoms with van der Waals surface area (Å²) in [6.45, 7) is 13.7. The molecule has 11 nitrogen and oxygen atoms in total. The van der Waals surface area contributed by atoms with E-state index in [1.54, 1.807) is 13.0 Å². The fourth-order valence-electron chi connectivity index (χ4n) is 4.95. The number of carbonyl (C=O) groups excluding carboxylic acids is 2. The number of carbonyl (C=O) groups is 3. The maximum absolute atomic E-state index is 14.2. The summed E-state index contributed by atoms with van der Waals surface area (Å²) in [5, 5.41) is 43.9. The Morgan fingerprint density at radius 3 is 1.85 bits per heavy atom. The van der Waals surface area contributed by atoms with Gasteiger partial charge < -0.3 is 40.5 Å². The molecule has 3 rings (SSSR count). The summed E-state index contributed by atoms with van der Waals surface area (Å²) in [4.78, 5) is 37.4. The highest BCUT2D eigenvalue weighted by Gasteiger charge is 2.76. The second-order valence-corrected chi connectivity index (χ2v) is 13.9. The van der Waals surface area contributed by atoms with Crippen LogP contribution in [-0.4, -0.2) is 62.3 Å². The Morgan fingerprint density at radius 1 is 0.727 bits per heavy atom. The van der Waals surface area contributed by atoms with Crippen LogP contribution in [0.5, 0.6) is 34.5 Å². The van der Waals surface area contributed by atoms with Crippen molar-refractivity contribution in [2.24, 2.45) is 0 Å². The molecule has 0 radical (unpaired) electrons. The molecule has 18 heteroatoms. The number of aromatic carboxylic acids is 1. The van der Waals surface area contributed by atoms with E-state index in [0.717, 1.165) is 22.9 Å². The summed E-state index contributed by atoms with van der Waals surface area (Å²) < 4.78 is 105. The van der Waals surface area contributed by atoms with E-state index in [4.69, 9.17) is 9.47 Å². The number of hydrogen-bond donors (Lipinski definition) is 6. The number of phenolic OH excluding ortho intramolecular Hbond substituents is 3. The largest absolute Gasteiger partial charge is 0.506 e. The van der Waals surface area contributed by atoms with Crippen LogP contribution in [0.1, 0.15) is 89.2 Å². The summed E-state index contributed by atoms with van der Waals surface area (Å²) in [7, 11) is 0. The average molecular weight is 791 g/mol. The molecule has 0 aromatic heterocycles. The Kier molecular flexibility index (Phi) is 12.6. The van der Waals surface area contributed by atoms with Gasteiger partial charge in [0, 0.05) is 17.7 Å². The predicted molar refractivity (Wildman–Crippen MR) is 186 cm³/mol. The number of carboxylic acids is 1. The number of anilines is 2. The van der Waals surface area contributed by atoms with Gasteiger partial charge in [-0.25, -0.2) is 4.79 Å². The first kappa shape index (κ1) is 44.0. The Balaban J connectivity index is 2.13. The van der Waals surface area contributed by atoms with Crippen molar-refractivity contribution in [3.63, 3.8) is 0 Å². The van der Waals surface area contributed by atoms with Crippen LogP contribution >= 0.6 is 0 Å². The molecule has 0 saturated carbocycles. The molecule has 6 N–H and O–H groups in total. The van der Waals surface area contributed by atoms with Gasteiger partial charge in [0.1, 0.15) is 11.5 Å². The normalized spacial score (nSPS) is 13.2. The van der Waals surface area contributed by atoms with E-state index in [2.05, 4.69) is 19.2 Å². The number of phenols is 3. The number of hydrogen-bond acceptors (Lipinski definition) is 8. The summed E-state index contributed by atoms with van der Waals surface area (Å²) in [5.41, 5.74) is -1.35. The first-order chi connectivity index (χ1) is 25.1. The fraction of sp³-hybridized carbons (Fsp3) is 0.432. The van der Waals surface area contributed by atoms with Crippen molar-refractivity contribution < 1.29 is 75.0 Å². The van der Waals surface area contributed by atoms with Crippen molar-refractivity contribution in [3.8, 4) is 34.5 Å². The molecule has 1 atom stereocenters. The van der Waals surface area contributed by atoms with Crippen molar-refractivity contribution in [1.82, 2.24) is 0 Å². The number of aromatic hydroxyl groups is 3. The Hall–Kier alpha value is -5.42. The number of nitrogens with one attached hydrogen (secondary N) is 2. The molecule has 3 aromatic carbocycles. The number of halogens is 7. The molecule has 0 aliphatic rings. The fourth-order valence-corrected chi connectivity index (χ4v) is 4.95. The highest BCUT2D eigenvalue weighted by molar-refractivity contribution is 6.00. The van der Waals surface area contributed by atoms with Crippen molar-refractivity contribution in [3.05, 3.63) is 59.2 Å². The third kappa shape index (κ3) is 9.11. The third-order valence-corrected chi connectivity index (χ3v) is 9.35. The van der Waals surface area contributed by atoms with Crippen LogP contribution in [-0.2, 0) is 20.4 Å². The highest BCUT2D eigenvalue weighted by atomic mass is 19.4. The van der Waals surface area contributed by atoms with Gasteiger partial charge in [0.25, 0.3) is 5.91 Å². The maximum Gasteiger partial charge on any atom is 0.460 e. The van der Waals surface area contributed by atoms with Crippen LogP contribution < -0.4 is 20.1 Å². The lowest BCUT2D eigenvalue weighted by molar-refractivity contribution is -0.343. The lowest BCUT2D eigenvalue weighted by Gasteiger charge is -2.31. The predicted octanol–water partition coefficient (Wildman–Crippen LogP) is 9.24. The monoisotopic (exact) mass is 790 g/mol. The van der Waals surface area contributed by atoms with Crippen molar-refractivity contribution in [2.45, 2.75) is 103 Å². The Morgan fingerprint density at radius 2 is 1.33 bits per heavy atom. The van der Waals surface area contributed by atoms with Crippen molar-refractivity contribution in [2.75, 3.05) is 10.6 Å². The molecule has 0 saturated heterocycles. The molecular weight excluding hydrogens is 749 g/mol. The van der Waals surface area contributed by atoms with E-state index < -0.39 is 93.0 Å². The average Bonchev–Trinajstić information content (AvgIpc) is 3.09. The SMILES string of the molecule is CCC(Oc1ccc(C(C)(C)CC)cc1C(C)(C)CC)C(=O)Nc1cc(O)c(NC(=O)C(F)(F)C(F)(F)C(F)(F)F)cc1Oc1cc(C(=O)O)cc(O)c1O. The minimum absolute atomic E-state index is 0.0220. The van der Waals surface area contributed by atoms with Crippen LogP contribution in [0.25, 0.3) is 0 Å². The Labute approximate surface area is 311 Å². The number of benzene rings is 3. The molecular formula is C37H41F7N2O9. The molecule has 2 amide bonds. The molecule has 0 bridgehead atoms. The van der Waals surface area contributed by atoms with E-state index in [9.17, 15) is 65.5 Å². The summed E-state index contributed by atoms with van der Waals surface area (Å²) in [5.74, 6) is -23.8. The zero-order valence-electron chi connectivity index (χ0n) is 30.7. The van der Waals surface area contributed by atoms with Crippen LogP contribution in [0.15, 0.2) is 42.5 Å². The van der Waals surface area contributed by atoms with E-state index in [0.29, 0.717) is 36.4 Å². The minimum atomic E-state index is -6.87. The van der Waals surface area contributed by atoms with Gasteiger partial charge in [-0.3, -0.25) is 9.59 Å². The minimum Gasteiger partial charge on any atom is -0.506 e. The molecule has 0 aliphatic carbocycles. The van der Waals surface area contributed by atoms with E-state index >= 15 is 0 Å². The quantitative estimate of drug-likeness (QED) is 0.0648. The van der Waals surface area contributed by atoms with Gasteiger partial charge in [-0.2, -0.15) is 30.7 Å². The van der Waals surface area contributed by atoms with Gasteiger partial charge in [0.15, 0.2) is 23.4 Å². The van der Waals surface area contributed by atoms with Gasteiger partial charge in [-0.1, -0.05) is 60.6 Å². The molecule has 0 heterocycles. The number of carboxylic acid groups (broad SMARTS) is 1. The van der Waals surface area contributed by atoms with E-state index in [1.165, 1.54) is 0 Å². The summed E-state index contributed by atoms with van der Waals surface area (Å²) >= 11 is 0. The van der Waals surface area contributed by atoms with Crippen LogP contribution in [0.3, 0.4) is 0 Å². The van der Waals surface area contributed by atoms with Gasteiger partial charge in [-0.15, -0.1) is 0 Å². The van der Waals surface area contributed by atoms with Gasteiger partial charge in [-0.05, 0) is 53.9 Å². The van der Waals surface area contributed by atoms with Crippen LogP contribution in [0.2, 0.25) is 0 Å². The number of alkyl halides is 7. The first-order valence-electron chi connectivity index (χ1n) is 16.8. The zero-order valence-corrected chi connectivity index (χ0v) is 30.7. The second-order valence-electron chi connectivity index (χ2n) is 13.9. The molecule has 0 aliphatic heterocycles. The first-order valence-corrected chi connectivity index (χ1v) is 16.8. The third-order valence-electron chi connectivity index (χ3n) is 9.35. The van der Waals surface area contributed by atoms with Gasteiger partial charge >= 0.3 is 29.9 Å². The van der Waals surface area contributed by atoms with Crippen molar-refractivity contribution in [1.29, 1.82) is 0 Å². The van der Waals surface area contributed by atoms with E-state index in [1.807, 2.05) is 39.8 Å². The summed E-state index contributed by atoms with van der Waals surface area (Å²) in [6, 6.07) is 7.77. The summed E-state index contributed by atoms with van der Waals surface area (Å²) in [6.07, 6.45) is -6.64. The second kappa shape index (κ2) is 15.7. The Bertz CT molecular complexity index is 1950. The lowest BCUT2D eigenvalue weighted by Crippen LogP contribution is -2.57. The molecule has 0 fully saturated rings. The topological polar surface area (TPSA) is 175 Å². The zero-order chi connectivity index (χ0) is 42.1. The molecule has 55 heavy (non-hydrogen) atoms. The van der Waals surface area contributed by atoms with Gasteiger partial charge in [0.05, 0.1) is 16.9 Å². The van der Waals surface area contributed by atoms with Crippen LogP contribution in [0.4, 0.5) is 42.1 Å². The lowest BCUT2D eigenvalue weighted by atomic mass is 9.76. The maximum atomic E-state index is 14.2. The van der Waals surface area contributed by atoms with Gasteiger partial charge in [0.2, 0.25) is 5.75 Å². The highest BCUT2D eigenvalue weighted by Crippen LogP contribution is 2.48. The smallest absolute Gasteiger partial charge is 0.460 e. The standard InChI is InChI=1S/C37H41F7N2O9/c1-8-25(54-26-12-11-19(33(4,5)9-2)15-20(26)34(6,7)10-3)30(50)45-22-16-23(47)21(46-32(53)35(38,39)36(40,41)37(42,43)44)17-27(22)55-28-14-18(31(51)52)13-24(48)29(28)49/h11-17,25,47-49H,8-10H2,1-7H3,(H,45,50)(H,46,53)(H,51,52). The van der Waals surface area contributed by atoms with Crippen LogP contribution in [0, 0.1) is 0 Å². The van der Waals surface area contributed by atoms with Crippen molar-refractivity contribution >= 4 is 29.2 Å². The van der Waals surface area contributed by atoms with E-state index in [-0.39, 0.29) is 11.8 Å². The number of amides is 2. The number of rotatable bonds is 15. The number of ether oxygens (including phenoxy) is 2. The molecule has 0 spiro atoms.